The largest absolute Gasteiger partial charge is 0.284 e. The molecule has 4 nitrogen and oxygen atoms in total. The number of nitrogens with zero attached hydrogens (tertiary/aromatic N) is 1. The molecule has 0 aromatic heterocycles. The maximum atomic E-state index is 9.82. The lowest BCUT2D eigenvalue weighted by molar-refractivity contribution is 0.478. The molecule has 0 bridgehead atoms. The zero-order chi connectivity index (χ0) is 10.9. The van der Waals surface area contributed by atoms with Gasteiger partial charge in [-0.2, -0.15) is 5.26 Å². The predicted octanol–water partition coefficient (Wildman–Crippen LogP) is 3.12. The van der Waals surface area contributed by atoms with Crippen LogP contribution in [-0.2, 0) is 0 Å². The number of hydrogen-bond donors (Lipinski definition) is 3. The van der Waals surface area contributed by atoms with Gasteiger partial charge in [0.1, 0.15) is 0 Å². The van der Waals surface area contributed by atoms with Crippen molar-refractivity contribution >= 4 is 16.5 Å². The van der Waals surface area contributed by atoms with Crippen LogP contribution in [0.25, 0.3) is 0 Å². The highest BCUT2D eigenvalue weighted by Crippen LogP contribution is 2.62. The average molecular weight is 224 g/mol. The van der Waals surface area contributed by atoms with Gasteiger partial charge in [-0.25, -0.2) is 0 Å². The molecule has 1 aromatic rings. The molecule has 3 N–H and O–H groups in total. The van der Waals surface area contributed by atoms with Crippen molar-refractivity contribution in [1.29, 1.82) is 5.26 Å². The summed E-state index contributed by atoms with van der Waals surface area (Å²) in [5.74, 6) is 0. The van der Waals surface area contributed by atoms with Crippen LogP contribution in [0.4, 0.5) is 5.69 Å². The van der Waals surface area contributed by atoms with Crippen molar-refractivity contribution in [3.63, 3.8) is 0 Å². The number of anilines is 1. The van der Waals surface area contributed by atoms with Crippen LogP contribution in [0.2, 0.25) is 0 Å². The average Bonchev–Trinajstić information content (AvgIpc) is 2.45. The lowest BCUT2D eigenvalue weighted by atomic mass is 10.1. The minimum atomic E-state index is -2.82. The normalized spacial score (nSPS) is 23.7. The van der Waals surface area contributed by atoms with E-state index in [1.165, 1.54) is 0 Å². The molecule has 5 heteroatoms. The molecule has 1 aromatic carbocycles. The summed E-state index contributed by atoms with van der Waals surface area (Å²) in [6.07, 6.45) is 0.805. The minimum Gasteiger partial charge on any atom is -0.284 e. The third-order valence-corrected chi connectivity index (χ3v) is 4.29. The van der Waals surface area contributed by atoms with Crippen molar-refractivity contribution in [2.75, 3.05) is 4.72 Å². The van der Waals surface area contributed by atoms with Gasteiger partial charge >= 0.3 is 0 Å². The molecule has 0 spiro atoms. The van der Waals surface area contributed by atoms with E-state index in [0.717, 1.165) is 11.3 Å². The molecular weight excluding hydrogens is 212 g/mol. The van der Waals surface area contributed by atoms with Crippen molar-refractivity contribution in [2.45, 2.75) is 18.1 Å². The number of nitrogens with one attached hydrogen (secondary N) is 1. The standard InChI is InChI=1S/C10H12N2O2S/c11-7-3-6-10-8-4-1-2-5-9(8)12-15(10,13)14/h1-2,4-5,10,12-14H,3,6H2. The Morgan fingerprint density at radius 2 is 2.13 bits per heavy atom. The SMILES string of the molecule is N#CCCC1c2ccccc2NS1(O)O. The smallest absolute Gasteiger partial charge is 0.0965 e. The molecule has 15 heavy (non-hydrogen) atoms. The van der Waals surface area contributed by atoms with E-state index in [2.05, 4.69) is 4.72 Å². The van der Waals surface area contributed by atoms with Gasteiger partial charge in [0.05, 0.1) is 17.0 Å². The second-order valence-electron chi connectivity index (χ2n) is 3.47. The molecule has 1 unspecified atom stereocenters. The van der Waals surface area contributed by atoms with Gasteiger partial charge in [0.2, 0.25) is 0 Å². The van der Waals surface area contributed by atoms with E-state index in [0.29, 0.717) is 12.8 Å². The Hall–Kier alpha value is -1.22. The molecule has 1 aliphatic heterocycles. The topological polar surface area (TPSA) is 76.3 Å². The first-order chi connectivity index (χ1) is 7.15. The van der Waals surface area contributed by atoms with Gasteiger partial charge in [0.15, 0.2) is 0 Å². The van der Waals surface area contributed by atoms with Crippen molar-refractivity contribution < 1.29 is 9.11 Å². The summed E-state index contributed by atoms with van der Waals surface area (Å²) in [6.45, 7) is 0. The Bertz CT molecular complexity index is 414. The second-order valence-corrected chi connectivity index (χ2v) is 5.43. The van der Waals surface area contributed by atoms with Crippen molar-refractivity contribution in [3.8, 4) is 6.07 Å². The summed E-state index contributed by atoms with van der Waals surface area (Å²) >= 11 is 0. The van der Waals surface area contributed by atoms with Gasteiger partial charge in [-0.3, -0.25) is 13.8 Å². The molecule has 0 fully saturated rings. The summed E-state index contributed by atoms with van der Waals surface area (Å²) in [4.78, 5) is 0. The number of nitriles is 1. The van der Waals surface area contributed by atoms with E-state index >= 15 is 0 Å². The van der Waals surface area contributed by atoms with Crippen molar-refractivity contribution in [1.82, 2.24) is 0 Å². The molecule has 0 aliphatic carbocycles. The highest BCUT2D eigenvalue weighted by atomic mass is 32.3. The van der Waals surface area contributed by atoms with Crippen LogP contribution in [0, 0.1) is 11.3 Å². The molecule has 0 saturated carbocycles. The van der Waals surface area contributed by atoms with Crippen LogP contribution in [0.5, 0.6) is 0 Å². The molecule has 1 aliphatic rings. The Morgan fingerprint density at radius 3 is 2.87 bits per heavy atom. The summed E-state index contributed by atoms with van der Waals surface area (Å²) in [6, 6.07) is 9.41. The summed E-state index contributed by atoms with van der Waals surface area (Å²) in [5, 5.41) is 8.17. The van der Waals surface area contributed by atoms with Crippen LogP contribution in [0.3, 0.4) is 0 Å². The van der Waals surface area contributed by atoms with E-state index in [9.17, 15) is 9.11 Å². The first-order valence-electron chi connectivity index (χ1n) is 4.66. The molecule has 0 amide bonds. The highest BCUT2D eigenvalue weighted by molar-refractivity contribution is 8.25. The molecule has 0 radical (unpaired) electrons. The molecule has 0 saturated heterocycles. The monoisotopic (exact) mass is 224 g/mol. The van der Waals surface area contributed by atoms with Crippen LogP contribution < -0.4 is 4.72 Å². The number of fused-ring (bicyclic) bond motifs is 1. The Morgan fingerprint density at radius 1 is 1.40 bits per heavy atom. The van der Waals surface area contributed by atoms with Crippen molar-refractivity contribution in [3.05, 3.63) is 29.8 Å². The van der Waals surface area contributed by atoms with Gasteiger partial charge in [-0.1, -0.05) is 18.2 Å². The molecule has 2 rings (SSSR count). The fourth-order valence-electron chi connectivity index (χ4n) is 1.80. The Balaban J connectivity index is 2.31. The quantitative estimate of drug-likeness (QED) is 0.721. The maximum absolute atomic E-state index is 9.82. The lowest BCUT2D eigenvalue weighted by Crippen LogP contribution is -2.09. The fraction of sp³-hybridized carbons (Fsp3) is 0.300. The van der Waals surface area contributed by atoms with Crippen LogP contribution in [0.1, 0.15) is 23.7 Å². The van der Waals surface area contributed by atoms with Crippen LogP contribution in [-0.4, -0.2) is 9.11 Å². The summed E-state index contributed by atoms with van der Waals surface area (Å²) in [7, 11) is -2.82. The number of para-hydroxylation sites is 1. The zero-order valence-electron chi connectivity index (χ0n) is 8.05. The van der Waals surface area contributed by atoms with Gasteiger partial charge in [-0.05, 0) is 12.5 Å². The van der Waals surface area contributed by atoms with Gasteiger partial charge in [0.25, 0.3) is 0 Å². The first-order valence-corrected chi connectivity index (χ1v) is 6.27. The molecule has 80 valence electrons. The predicted molar refractivity (Wildman–Crippen MR) is 60.5 cm³/mol. The zero-order valence-corrected chi connectivity index (χ0v) is 8.87. The van der Waals surface area contributed by atoms with Crippen LogP contribution in [0.15, 0.2) is 24.3 Å². The van der Waals surface area contributed by atoms with E-state index in [4.69, 9.17) is 5.26 Å². The number of rotatable bonds is 2. The van der Waals surface area contributed by atoms with E-state index in [-0.39, 0.29) is 5.25 Å². The fourth-order valence-corrected chi connectivity index (χ4v) is 3.45. The van der Waals surface area contributed by atoms with Gasteiger partial charge < -0.3 is 0 Å². The first kappa shape index (κ1) is 10.3. The number of benzene rings is 1. The number of hydrogen-bond acceptors (Lipinski definition) is 4. The summed E-state index contributed by atoms with van der Waals surface area (Å²) < 4.78 is 22.4. The van der Waals surface area contributed by atoms with Gasteiger partial charge in [-0.15, -0.1) is 10.8 Å². The van der Waals surface area contributed by atoms with E-state index in [1.54, 1.807) is 0 Å². The second kappa shape index (κ2) is 3.74. The lowest BCUT2D eigenvalue weighted by Gasteiger charge is -2.33. The molecule has 1 heterocycles. The third kappa shape index (κ3) is 1.79. The highest BCUT2D eigenvalue weighted by Gasteiger charge is 2.35. The molecule has 1 atom stereocenters. The third-order valence-electron chi connectivity index (χ3n) is 2.48. The van der Waals surface area contributed by atoms with Crippen molar-refractivity contribution in [2.24, 2.45) is 0 Å². The van der Waals surface area contributed by atoms with E-state index in [1.807, 2.05) is 30.3 Å². The Kier molecular flexibility index (Phi) is 2.57. The Labute approximate surface area is 90.0 Å². The van der Waals surface area contributed by atoms with Gasteiger partial charge in [0, 0.05) is 12.0 Å². The maximum Gasteiger partial charge on any atom is 0.0965 e. The molecular formula is C10H12N2O2S. The van der Waals surface area contributed by atoms with E-state index < -0.39 is 10.8 Å². The van der Waals surface area contributed by atoms with Crippen LogP contribution >= 0.6 is 10.8 Å². The minimum absolute atomic E-state index is 0.330. The summed E-state index contributed by atoms with van der Waals surface area (Å²) in [5.41, 5.74) is 1.66.